The van der Waals surface area contributed by atoms with Gasteiger partial charge in [0.1, 0.15) is 0 Å². The molecule has 1 fully saturated rings. The number of piperazine rings is 1. The van der Waals surface area contributed by atoms with E-state index >= 15 is 0 Å². The molecular formula is C21H28N2. The van der Waals surface area contributed by atoms with Crippen LogP contribution in [0.15, 0.2) is 54.6 Å². The van der Waals surface area contributed by atoms with E-state index in [2.05, 4.69) is 71.3 Å². The Morgan fingerprint density at radius 2 is 1.52 bits per heavy atom. The maximum Gasteiger partial charge on any atom is 0.0399 e. The highest BCUT2D eigenvalue weighted by Gasteiger charge is 2.18. The lowest BCUT2D eigenvalue weighted by Gasteiger charge is -2.37. The average molecular weight is 308 g/mol. The molecule has 0 radical (unpaired) electrons. The summed E-state index contributed by atoms with van der Waals surface area (Å²) >= 11 is 0. The summed E-state index contributed by atoms with van der Waals surface area (Å²) < 4.78 is 0. The third kappa shape index (κ3) is 4.35. The first-order valence-corrected chi connectivity index (χ1v) is 8.96. The highest BCUT2D eigenvalue weighted by molar-refractivity contribution is 5.54. The van der Waals surface area contributed by atoms with Gasteiger partial charge in [0.25, 0.3) is 0 Å². The van der Waals surface area contributed by atoms with Crippen molar-refractivity contribution in [1.82, 2.24) is 4.90 Å². The third-order valence-corrected chi connectivity index (χ3v) is 4.75. The van der Waals surface area contributed by atoms with Gasteiger partial charge in [0.05, 0.1) is 0 Å². The number of aryl methyl sites for hydroxylation is 1. The highest BCUT2D eigenvalue weighted by atomic mass is 15.3. The minimum atomic E-state index is 1.08. The molecule has 0 unspecified atom stereocenters. The molecule has 1 heterocycles. The molecule has 0 spiro atoms. The molecule has 0 bridgehead atoms. The van der Waals surface area contributed by atoms with E-state index in [9.17, 15) is 0 Å². The van der Waals surface area contributed by atoms with Crippen molar-refractivity contribution < 1.29 is 0 Å². The molecule has 1 aliphatic heterocycles. The van der Waals surface area contributed by atoms with Crippen LogP contribution in [0.25, 0.3) is 0 Å². The van der Waals surface area contributed by atoms with Crippen LogP contribution in [0.4, 0.5) is 5.69 Å². The lowest BCUT2D eigenvalue weighted by molar-refractivity contribution is 0.249. The van der Waals surface area contributed by atoms with Crippen LogP contribution in [0.2, 0.25) is 0 Å². The van der Waals surface area contributed by atoms with E-state index in [1.54, 1.807) is 0 Å². The topological polar surface area (TPSA) is 6.48 Å². The minimum absolute atomic E-state index is 1.08. The van der Waals surface area contributed by atoms with Gasteiger partial charge in [-0.2, -0.15) is 0 Å². The molecule has 1 saturated heterocycles. The zero-order valence-corrected chi connectivity index (χ0v) is 14.2. The van der Waals surface area contributed by atoms with Gasteiger partial charge in [-0.05, 0) is 30.0 Å². The standard InChI is InChI=1S/C21H28N2/c1-2-3-11-20-12-7-8-13-21(20)23-16-14-22(15-17-23)18-19-9-5-4-6-10-19/h4-10,12-13H,2-3,11,14-18H2,1H3. The van der Waals surface area contributed by atoms with E-state index in [4.69, 9.17) is 0 Å². The van der Waals surface area contributed by atoms with Crippen molar-refractivity contribution >= 4 is 5.69 Å². The van der Waals surface area contributed by atoms with E-state index in [0.717, 1.165) is 32.7 Å². The number of hydrogen-bond acceptors (Lipinski definition) is 2. The Labute approximate surface area is 140 Å². The molecule has 3 rings (SSSR count). The fourth-order valence-electron chi connectivity index (χ4n) is 3.39. The number of rotatable bonds is 6. The number of hydrogen-bond donors (Lipinski definition) is 0. The lowest BCUT2D eigenvalue weighted by Crippen LogP contribution is -2.46. The van der Waals surface area contributed by atoms with Gasteiger partial charge in [0.2, 0.25) is 0 Å². The first kappa shape index (κ1) is 16.1. The van der Waals surface area contributed by atoms with Crippen LogP contribution in [-0.4, -0.2) is 31.1 Å². The van der Waals surface area contributed by atoms with Crippen LogP contribution < -0.4 is 4.90 Å². The molecule has 0 aliphatic carbocycles. The van der Waals surface area contributed by atoms with Gasteiger partial charge >= 0.3 is 0 Å². The second kappa shape index (κ2) is 8.16. The second-order valence-electron chi connectivity index (χ2n) is 6.48. The maximum atomic E-state index is 2.58. The molecule has 122 valence electrons. The van der Waals surface area contributed by atoms with E-state index < -0.39 is 0 Å². The minimum Gasteiger partial charge on any atom is -0.369 e. The summed E-state index contributed by atoms with van der Waals surface area (Å²) in [5.41, 5.74) is 4.40. The second-order valence-corrected chi connectivity index (χ2v) is 6.48. The third-order valence-electron chi connectivity index (χ3n) is 4.75. The molecule has 2 aromatic carbocycles. The largest absolute Gasteiger partial charge is 0.369 e. The van der Waals surface area contributed by atoms with Gasteiger partial charge in [-0.15, -0.1) is 0 Å². The Morgan fingerprint density at radius 1 is 0.826 bits per heavy atom. The van der Waals surface area contributed by atoms with Crippen molar-refractivity contribution in [2.45, 2.75) is 32.7 Å². The normalized spacial score (nSPS) is 15.8. The fraction of sp³-hybridized carbons (Fsp3) is 0.429. The molecular weight excluding hydrogens is 280 g/mol. The van der Waals surface area contributed by atoms with E-state index in [1.807, 2.05) is 0 Å². The zero-order chi connectivity index (χ0) is 15.9. The molecule has 0 saturated carbocycles. The molecule has 0 N–H and O–H groups in total. The number of nitrogens with zero attached hydrogens (tertiary/aromatic N) is 2. The molecule has 2 nitrogen and oxygen atoms in total. The van der Waals surface area contributed by atoms with Gasteiger partial charge in [0, 0.05) is 38.4 Å². The van der Waals surface area contributed by atoms with Crippen molar-refractivity contribution in [3.05, 3.63) is 65.7 Å². The predicted molar refractivity (Wildman–Crippen MR) is 99.0 cm³/mol. The van der Waals surface area contributed by atoms with Crippen molar-refractivity contribution in [3.63, 3.8) is 0 Å². The predicted octanol–water partition coefficient (Wildman–Crippen LogP) is 4.35. The molecule has 0 amide bonds. The maximum absolute atomic E-state index is 2.58. The highest BCUT2D eigenvalue weighted by Crippen LogP contribution is 2.24. The Balaban J connectivity index is 1.58. The van der Waals surface area contributed by atoms with E-state index in [1.165, 1.54) is 36.1 Å². The Bertz CT molecular complexity index is 586. The molecule has 0 aromatic heterocycles. The first-order chi connectivity index (χ1) is 11.4. The number of benzene rings is 2. The van der Waals surface area contributed by atoms with Crippen LogP contribution in [0.3, 0.4) is 0 Å². The fourth-order valence-corrected chi connectivity index (χ4v) is 3.39. The molecule has 0 atom stereocenters. The Hall–Kier alpha value is -1.80. The lowest BCUT2D eigenvalue weighted by atomic mass is 10.0. The molecule has 23 heavy (non-hydrogen) atoms. The van der Waals surface area contributed by atoms with Crippen molar-refractivity contribution in [2.75, 3.05) is 31.1 Å². The summed E-state index contributed by atoms with van der Waals surface area (Å²) in [4.78, 5) is 5.15. The van der Waals surface area contributed by atoms with E-state index in [-0.39, 0.29) is 0 Å². The summed E-state index contributed by atoms with van der Waals surface area (Å²) in [6.07, 6.45) is 3.75. The summed E-state index contributed by atoms with van der Waals surface area (Å²) in [5, 5.41) is 0. The molecule has 2 heteroatoms. The number of para-hydroxylation sites is 1. The molecule has 1 aliphatic rings. The number of anilines is 1. The zero-order valence-electron chi connectivity index (χ0n) is 14.2. The number of unbranched alkanes of at least 4 members (excludes halogenated alkanes) is 1. The summed E-state index contributed by atoms with van der Waals surface area (Å²) in [7, 11) is 0. The average Bonchev–Trinajstić information content (AvgIpc) is 2.62. The summed E-state index contributed by atoms with van der Waals surface area (Å²) in [6.45, 7) is 7.91. The van der Waals surface area contributed by atoms with Gasteiger partial charge in [-0.3, -0.25) is 4.90 Å². The van der Waals surface area contributed by atoms with Crippen LogP contribution >= 0.6 is 0 Å². The van der Waals surface area contributed by atoms with Gasteiger partial charge in [0.15, 0.2) is 0 Å². The summed E-state index contributed by atoms with van der Waals surface area (Å²) in [5.74, 6) is 0. The van der Waals surface area contributed by atoms with Crippen molar-refractivity contribution in [1.29, 1.82) is 0 Å². The van der Waals surface area contributed by atoms with Crippen LogP contribution in [0.1, 0.15) is 30.9 Å². The SMILES string of the molecule is CCCCc1ccccc1N1CCN(Cc2ccccc2)CC1. The Morgan fingerprint density at radius 3 is 2.26 bits per heavy atom. The van der Waals surface area contributed by atoms with Crippen LogP contribution in [-0.2, 0) is 13.0 Å². The van der Waals surface area contributed by atoms with Crippen molar-refractivity contribution in [3.8, 4) is 0 Å². The quantitative estimate of drug-likeness (QED) is 0.783. The summed E-state index contributed by atoms with van der Waals surface area (Å²) in [6, 6.07) is 19.8. The van der Waals surface area contributed by atoms with Crippen LogP contribution in [0.5, 0.6) is 0 Å². The smallest absolute Gasteiger partial charge is 0.0399 e. The Kier molecular flexibility index (Phi) is 5.71. The van der Waals surface area contributed by atoms with E-state index in [0.29, 0.717) is 0 Å². The monoisotopic (exact) mass is 308 g/mol. The molecule has 2 aromatic rings. The first-order valence-electron chi connectivity index (χ1n) is 8.96. The van der Waals surface area contributed by atoms with Gasteiger partial charge in [-0.1, -0.05) is 61.9 Å². The van der Waals surface area contributed by atoms with Gasteiger partial charge in [-0.25, -0.2) is 0 Å². The van der Waals surface area contributed by atoms with Gasteiger partial charge < -0.3 is 4.90 Å². The van der Waals surface area contributed by atoms with Crippen molar-refractivity contribution in [2.24, 2.45) is 0 Å². The van der Waals surface area contributed by atoms with Crippen LogP contribution in [0, 0.1) is 0 Å².